The summed E-state index contributed by atoms with van der Waals surface area (Å²) in [5.41, 5.74) is 0. The van der Waals surface area contributed by atoms with Crippen LogP contribution in [0.25, 0.3) is 0 Å². The Bertz CT molecular complexity index is 222. The van der Waals surface area contributed by atoms with Crippen molar-refractivity contribution < 1.29 is 0 Å². The van der Waals surface area contributed by atoms with E-state index >= 15 is 0 Å². The number of rotatable bonds is 19. The summed E-state index contributed by atoms with van der Waals surface area (Å²) in [6.45, 7) is 8.73. The quantitative estimate of drug-likeness (QED) is 0.126. The Kier molecular flexibility index (Phi) is 20.0. The second kappa shape index (κ2) is 20.0. The molecule has 0 aliphatic carbocycles. The van der Waals surface area contributed by atoms with Crippen molar-refractivity contribution in [1.82, 2.24) is 0 Å². The van der Waals surface area contributed by atoms with Crippen LogP contribution < -0.4 is 0 Å². The summed E-state index contributed by atoms with van der Waals surface area (Å²) in [5.74, 6) is 0. The summed E-state index contributed by atoms with van der Waals surface area (Å²) in [7, 11) is -0.270. The Labute approximate surface area is 150 Å². The van der Waals surface area contributed by atoms with E-state index in [0.717, 1.165) is 0 Å². The normalized spacial score (nSPS) is 11.3. The molecule has 0 saturated heterocycles. The van der Waals surface area contributed by atoms with Gasteiger partial charge in [-0.2, -0.15) is 0 Å². The molecule has 0 nitrogen and oxygen atoms in total. The van der Waals surface area contributed by atoms with Gasteiger partial charge in [0.25, 0.3) is 0 Å². The fourth-order valence-corrected chi connectivity index (χ4v) is 4.42. The van der Waals surface area contributed by atoms with Crippen molar-refractivity contribution in [1.29, 1.82) is 0 Å². The van der Waals surface area contributed by atoms with Crippen molar-refractivity contribution in [3.63, 3.8) is 0 Å². The van der Waals surface area contributed by atoms with Gasteiger partial charge in [-0.3, -0.25) is 0 Å². The maximum absolute atomic E-state index is 3.78. The van der Waals surface area contributed by atoms with E-state index in [1.54, 1.807) is 6.04 Å². The number of unbranched alkanes of at least 4 members (excludes halogenated alkanes) is 16. The molecular weight excluding hydrogens is 292 g/mol. The molecule has 0 fully saturated rings. The van der Waals surface area contributed by atoms with Crippen LogP contribution in [0, 0.1) is 0 Å². The van der Waals surface area contributed by atoms with Crippen LogP contribution in [0.2, 0.25) is 19.1 Å². The molecule has 1 heteroatoms. The average molecular weight is 339 g/mol. The zero-order chi connectivity index (χ0) is 17.0. The van der Waals surface area contributed by atoms with E-state index in [0.29, 0.717) is 0 Å². The first-order chi connectivity index (χ1) is 11.3. The molecule has 0 spiro atoms. The summed E-state index contributed by atoms with van der Waals surface area (Å²) < 4.78 is 0. The molecule has 23 heavy (non-hydrogen) atoms. The van der Waals surface area contributed by atoms with E-state index < -0.39 is 0 Å². The van der Waals surface area contributed by atoms with Crippen LogP contribution in [-0.2, 0) is 0 Å². The van der Waals surface area contributed by atoms with Crippen LogP contribution in [-0.4, -0.2) is 8.80 Å². The fourth-order valence-electron chi connectivity index (χ4n) is 3.32. The van der Waals surface area contributed by atoms with Crippen molar-refractivity contribution in [2.75, 3.05) is 0 Å². The summed E-state index contributed by atoms with van der Waals surface area (Å²) in [4.78, 5) is 0. The Morgan fingerprint density at radius 1 is 0.522 bits per heavy atom. The molecule has 0 bridgehead atoms. The summed E-state index contributed by atoms with van der Waals surface area (Å²) in [6, 6.07) is 1.56. The Balaban J connectivity index is 2.96. The molecule has 0 amide bonds. The van der Waals surface area contributed by atoms with Crippen LogP contribution in [0.5, 0.6) is 0 Å². The Hall–Kier alpha value is -0.0431. The van der Waals surface area contributed by atoms with Gasteiger partial charge >= 0.3 is 0 Å². The predicted molar refractivity (Wildman–Crippen MR) is 112 cm³/mol. The highest BCUT2D eigenvalue weighted by molar-refractivity contribution is 6.55. The van der Waals surface area contributed by atoms with E-state index in [2.05, 4.69) is 19.7 Å². The lowest BCUT2D eigenvalue weighted by Gasteiger charge is -2.04. The van der Waals surface area contributed by atoms with Crippen LogP contribution in [0.4, 0.5) is 0 Å². The third-order valence-electron chi connectivity index (χ3n) is 4.94. The van der Waals surface area contributed by atoms with Gasteiger partial charge in [-0.15, -0.1) is 6.58 Å². The van der Waals surface area contributed by atoms with E-state index in [1.807, 2.05) is 6.08 Å². The van der Waals surface area contributed by atoms with E-state index in [1.165, 1.54) is 109 Å². The summed E-state index contributed by atoms with van der Waals surface area (Å²) >= 11 is 0. The first-order valence-electron chi connectivity index (χ1n) is 10.9. The SMILES string of the molecule is C=CCCCCCCCCCCCCCCCCCC[SiH](C)C. The molecule has 0 aromatic carbocycles. The highest BCUT2D eigenvalue weighted by Crippen LogP contribution is 2.14. The minimum Gasteiger partial charge on any atom is -0.103 e. The molecular formula is C22H46Si. The molecule has 0 atom stereocenters. The standard InChI is InChI=1S/C22H46Si/c1-4-5-6-7-8-9-10-11-12-13-14-15-16-17-18-19-20-21-22-23(2)3/h4,23H,1,5-22H2,2-3H3. The zero-order valence-electron chi connectivity index (χ0n) is 16.6. The van der Waals surface area contributed by atoms with Gasteiger partial charge in [0.2, 0.25) is 0 Å². The van der Waals surface area contributed by atoms with Gasteiger partial charge in [0.1, 0.15) is 0 Å². The molecule has 138 valence electrons. The van der Waals surface area contributed by atoms with Crippen LogP contribution in [0.3, 0.4) is 0 Å². The van der Waals surface area contributed by atoms with E-state index in [9.17, 15) is 0 Å². The number of hydrogen-bond donors (Lipinski definition) is 0. The van der Waals surface area contributed by atoms with Crippen molar-refractivity contribution in [3.05, 3.63) is 12.7 Å². The first kappa shape index (κ1) is 23.0. The van der Waals surface area contributed by atoms with Crippen molar-refractivity contribution in [3.8, 4) is 0 Å². The van der Waals surface area contributed by atoms with Gasteiger partial charge in [0.05, 0.1) is 0 Å². The average Bonchev–Trinajstić information content (AvgIpc) is 2.53. The highest BCUT2D eigenvalue weighted by Gasteiger charge is 1.96. The minimum atomic E-state index is -0.270. The molecule has 0 aliphatic rings. The molecule has 0 heterocycles. The second-order valence-electron chi connectivity index (χ2n) is 7.92. The monoisotopic (exact) mass is 338 g/mol. The predicted octanol–water partition coefficient (Wildman–Crippen LogP) is 8.29. The van der Waals surface area contributed by atoms with E-state index in [4.69, 9.17) is 0 Å². The Morgan fingerprint density at radius 3 is 1.13 bits per heavy atom. The van der Waals surface area contributed by atoms with Crippen molar-refractivity contribution in [2.45, 2.75) is 128 Å². The maximum atomic E-state index is 3.78. The smallest absolute Gasteiger partial charge is 0.0305 e. The molecule has 0 radical (unpaired) electrons. The van der Waals surface area contributed by atoms with Gasteiger partial charge in [0, 0.05) is 8.80 Å². The van der Waals surface area contributed by atoms with Gasteiger partial charge in [-0.1, -0.05) is 122 Å². The lowest BCUT2D eigenvalue weighted by molar-refractivity contribution is 0.530. The highest BCUT2D eigenvalue weighted by atomic mass is 28.3. The molecule has 0 rings (SSSR count). The molecule has 0 N–H and O–H groups in total. The molecule has 0 saturated carbocycles. The van der Waals surface area contributed by atoms with Gasteiger partial charge in [-0.05, 0) is 12.8 Å². The lowest BCUT2D eigenvalue weighted by atomic mass is 10.0. The van der Waals surface area contributed by atoms with Crippen molar-refractivity contribution >= 4 is 8.80 Å². The second-order valence-corrected chi connectivity index (χ2v) is 11.3. The summed E-state index contributed by atoms with van der Waals surface area (Å²) in [5, 5.41) is 0. The van der Waals surface area contributed by atoms with Crippen LogP contribution >= 0.6 is 0 Å². The molecule has 0 aliphatic heterocycles. The number of allylic oxidation sites excluding steroid dienone is 1. The third kappa shape index (κ3) is 22.0. The zero-order valence-corrected chi connectivity index (χ0v) is 17.7. The lowest BCUT2D eigenvalue weighted by Crippen LogP contribution is -1.97. The fraction of sp³-hybridized carbons (Fsp3) is 0.909. The maximum Gasteiger partial charge on any atom is 0.0305 e. The topological polar surface area (TPSA) is 0 Å². The van der Waals surface area contributed by atoms with Gasteiger partial charge in [-0.25, -0.2) is 0 Å². The first-order valence-corrected chi connectivity index (χ1v) is 14.0. The minimum absolute atomic E-state index is 0.270. The largest absolute Gasteiger partial charge is 0.103 e. The van der Waals surface area contributed by atoms with Crippen molar-refractivity contribution in [2.24, 2.45) is 0 Å². The van der Waals surface area contributed by atoms with Crippen LogP contribution in [0.15, 0.2) is 12.7 Å². The summed E-state index contributed by atoms with van der Waals surface area (Å²) in [6.07, 6.45) is 26.8. The van der Waals surface area contributed by atoms with E-state index in [-0.39, 0.29) is 8.80 Å². The van der Waals surface area contributed by atoms with Gasteiger partial charge in [0.15, 0.2) is 0 Å². The third-order valence-corrected chi connectivity index (χ3v) is 6.50. The Morgan fingerprint density at radius 2 is 0.826 bits per heavy atom. The molecule has 0 aromatic rings. The van der Waals surface area contributed by atoms with Crippen LogP contribution in [0.1, 0.15) is 109 Å². The number of hydrogen-bond acceptors (Lipinski definition) is 0. The molecule has 0 aromatic heterocycles. The molecule has 0 unspecified atom stereocenters. The van der Waals surface area contributed by atoms with Gasteiger partial charge < -0.3 is 0 Å².